The van der Waals surface area contributed by atoms with Gasteiger partial charge in [0.25, 0.3) is 5.69 Å². The summed E-state index contributed by atoms with van der Waals surface area (Å²) in [6.07, 6.45) is 0.735. The number of likely N-dealkylation sites (tertiary alicyclic amines) is 1. The van der Waals surface area contributed by atoms with Gasteiger partial charge in [-0.3, -0.25) is 19.7 Å². The molecule has 8 nitrogen and oxygen atoms in total. The highest BCUT2D eigenvalue weighted by Gasteiger charge is 2.31. The van der Waals surface area contributed by atoms with Gasteiger partial charge in [0.2, 0.25) is 5.91 Å². The zero-order valence-electron chi connectivity index (χ0n) is 13.5. The summed E-state index contributed by atoms with van der Waals surface area (Å²) in [5.41, 5.74) is 0.327. The van der Waals surface area contributed by atoms with Crippen LogP contribution >= 0.6 is 0 Å². The lowest BCUT2D eigenvalue weighted by molar-refractivity contribution is -0.384. The highest BCUT2D eigenvalue weighted by atomic mass is 16.6. The predicted octanol–water partition coefficient (Wildman–Crippen LogP) is 1.97. The van der Waals surface area contributed by atoms with E-state index in [4.69, 9.17) is 5.11 Å². The number of nitro groups is 1. The summed E-state index contributed by atoms with van der Waals surface area (Å²) in [4.78, 5) is 35.5. The number of carboxylic acid groups (broad SMARTS) is 1. The molecule has 24 heavy (non-hydrogen) atoms. The fourth-order valence-electron chi connectivity index (χ4n) is 2.98. The number of carbonyl (C=O) groups excluding carboxylic acids is 1. The Morgan fingerprint density at radius 2 is 2.08 bits per heavy atom. The van der Waals surface area contributed by atoms with Crippen LogP contribution in [0.1, 0.15) is 19.8 Å². The standard InChI is InChI=1S/C16H21N3O5/c1-11-8-12(16(21)22)10-18(9-11)15(20)6-7-17-13-4-2-3-5-14(13)19(23)24/h2-5,11-12,17H,6-10H2,1H3,(H,21,22). The molecule has 1 aromatic carbocycles. The fourth-order valence-corrected chi connectivity index (χ4v) is 2.98. The molecule has 2 N–H and O–H groups in total. The Hall–Kier alpha value is -2.64. The number of hydrogen-bond acceptors (Lipinski definition) is 5. The number of nitrogens with one attached hydrogen (secondary N) is 1. The summed E-state index contributed by atoms with van der Waals surface area (Å²) in [6.45, 7) is 2.96. The van der Waals surface area contributed by atoms with Gasteiger partial charge in [0, 0.05) is 32.1 Å². The third kappa shape index (κ3) is 4.43. The van der Waals surface area contributed by atoms with Crippen molar-refractivity contribution in [3.05, 3.63) is 34.4 Å². The van der Waals surface area contributed by atoms with Crippen LogP contribution in [-0.2, 0) is 9.59 Å². The van der Waals surface area contributed by atoms with E-state index in [-0.39, 0.29) is 37.0 Å². The third-order valence-electron chi connectivity index (χ3n) is 4.12. The first-order valence-corrected chi connectivity index (χ1v) is 7.86. The van der Waals surface area contributed by atoms with Crippen molar-refractivity contribution in [1.82, 2.24) is 4.90 Å². The Kier molecular flexibility index (Phi) is 5.73. The van der Waals surface area contributed by atoms with Crippen LogP contribution in [-0.4, -0.2) is 46.4 Å². The van der Waals surface area contributed by atoms with Crippen molar-refractivity contribution >= 4 is 23.3 Å². The number of aliphatic carboxylic acids is 1. The number of carbonyl (C=O) groups is 2. The molecule has 1 aliphatic heterocycles. The summed E-state index contributed by atoms with van der Waals surface area (Å²) >= 11 is 0. The minimum absolute atomic E-state index is 0.0394. The van der Waals surface area contributed by atoms with E-state index in [0.29, 0.717) is 18.7 Å². The molecular weight excluding hydrogens is 314 g/mol. The van der Waals surface area contributed by atoms with Gasteiger partial charge in [-0.15, -0.1) is 0 Å². The van der Waals surface area contributed by atoms with Gasteiger partial charge in [0.1, 0.15) is 5.69 Å². The number of nitrogens with zero attached hydrogens (tertiary/aromatic N) is 2. The predicted molar refractivity (Wildman–Crippen MR) is 87.7 cm³/mol. The zero-order valence-corrected chi connectivity index (χ0v) is 13.5. The Bertz CT molecular complexity index is 634. The quantitative estimate of drug-likeness (QED) is 0.607. The largest absolute Gasteiger partial charge is 0.481 e. The third-order valence-corrected chi connectivity index (χ3v) is 4.12. The van der Waals surface area contributed by atoms with Crippen molar-refractivity contribution in [2.45, 2.75) is 19.8 Å². The molecule has 0 aromatic heterocycles. The van der Waals surface area contributed by atoms with Crippen LogP contribution in [0.2, 0.25) is 0 Å². The molecule has 2 atom stereocenters. The smallest absolute Gasteiger partial charge is 0.308 e. The lowest BCUT2D eigenvalue weighted by Crippen LogP contribution is -2.45. The van der Waals surface area contributed by atoms with Crippen molar-refractivity contribution in [2.24, 2.45) is 11.8 Å². The van der Waals surface area contributed by atoms with Gasteiger partial charge in [-0.05, 0) is 18.4 Å². The van der Waals surface area contributed by atoms with Gasteiger partial charge >= 0.3 is 5.97 Å². The zero-order chi connectivity index (χ0) is 17.7. The molecule has 0 spiro atoms. The first kappa shape index (κ1) is 17.7. The van der Waals surface area contributed by atoms with Crippen molar-refractivity contribution in [2.75, 3.05) is 25.0 Å². The van der Waals surface area contributed by atoms with E-state index in [1.807, 2.05) is 6.92 Å². The summed E-state index contributed by atoms with van der Waals surface area (Å²) in [7, 11) is 0. The van der Waals surface area contributed by atoms with E-state index in [0.717, 1.165) is 0 Å². The molecule has 1 fully saturated rings. The van der Waals surface area contributed by atoms with Crippen LogP contribution in [0, 0.1) is 22.0 Å². The number of amides is 1. The molecule has 0 saturated carbocycles. The molecule has 130 valence electrons. The van der Waals surface area contributed by atoms with Gasteiger partial charge < -0.3 is 15.3 Å². The molecule has 0 aliphatic carbocycles. The number of nitro benzene ring substituents is 1. The Balaban J connectivity index is 1.89. The van der Waals surface area contributed by atoms with Gasteiger partial charge in [-0.1, -0.05) is 19.1 Å². The van der Waals surface area contributed by atoms with Gasteiger partial charge in [0.15, 0.2) is 0 Å². The molecule has 1 aromatic rings. The first-order valence-electron chi connectivity index (χ1n) is 7.86. The molecule has 8 heteroatoms. The maximum absolute atomic E-state index is 12.3. The number of piperidine rings is 1. The molecule has 1 heterocycles. The fraction of sp³-hybridized carbons (Fsp3) is 0.500. The summed E-state index contributed by atoms with van der Waals surface area (Å²) in [6, 6.07) is 6.25. The van der Waals surface area contributed by atoms with E-state index in [1.165, 1.54) is 6.07 Å². The van der Waals surface area contributed by atoms with Crippen LogP contribution in [0.4, 0.5) is 11.4 Å². The van der Waals surface area contributed by atoms with Crippen LogP contribution in [0.5, 0.6) is 0 Å². The Morgan fingerprint density at radius 1 is 1.38 bits per heavy atom. The number of para-hydroxylation sites is 2. The molecule has 1 amide bonds. The summed E-state index contributed by atoms with van der Waals surface area (Å²) in [5.74, 6) is -1.40. The minimum Gasteiger partial charge on any atom is -0.481 e. The van der Waals surface area contributed by atoms with Gasteiger partial charge in [-0.25, -0.2) is 0 Å². The maximum atomic E-state index is 12.3. The number of anilines is 1. The van der Waals surface area contributed by atoms with Crippen LogP contribution in [0.15, 0.2) is 24.3 Å². The van der Waals surface area contributed by atoms with Crippen LogP contribution in [0.25, 0.3) is 0 Å². The van der Waals surface area contributed by atoms with Crippen molar-refractivity contribution in [1.29, 1.82) is 0 Å². The number of carboxylic acids is 1. The molecule has 2 unspecified atom stereocenters. The lowest BCUT2D eigenvalue weighted by Gasteiger charge is -2.34. The van der Waals surface area contributed by atoms with Gasteiger partial charge in [-0.2, -0.15) is 0 Å². The minimum atomic E-state index is -0.877. The van der Waals surface area contributed by atoms with Crippen molar-refractivity contribution in [3.8, 4) is 0 Å². The first-order chi connectivity index (χ1) is 11.4. The summed E-state index contributed by atoms with van der Waals surface area (Å²) < 4.78 is 0. The second kappa shape index (κ2) is 7.76. The second-order valence-electron chi connectivity index (χ2n) is 6.13. The Labute approximate surface area is 139 Å². The highest BCUT2D eigenvalue weighted by molar-refractivity contribution is 5.78. The highest BCUT2D eigenvalue weighted by Crippen LogP contribution is 2.24. The second-order valence-corrected chi connectivity index (χ2v) is 6.13. The summed E-state index contributed by atoms with van der Waals surface area (Å²) in [5, 5.41) is 23.0. The average molecular weight is 335 g/mol. The van der Waals surface area contributed by atoms with E-state index in [1.54, 1.807) is 23.1 Å². The molecule has 1 aliphatic rings. The molecule has 0 bridgehead atoms. The number of benzene rings is 1. The van der Waals surface area contributed by atoms with E-state index >= 15 is 0 Å². The molecular formula is C16H21N3O5. The molecule has 2 rings (SSSR count). The maximum Gasteiger partial charge on any atom is 0.308 e. The SMILES string of the molecule is CC1CC(C(=O)O)CN(C(=O)CCNc2ccccc2[N+](=O)[O-])C1. The van der Waals surface area contributed by atoms with Crippen molar-refractivity contribution in [3.63, 3.8) is 0 Å². The monoisotopic (exact) mass is 335 g/mol. The normalized spacial score (nSPS) is 20.5. The number of rotatable bonds is 6. The van der Waals surface area contributed by atoms with Crippen molar-refractivity contribution < 1.29 is 19.6 Å². The van der Waals surface area contributed by atoms with E-state index < -0.39 is 16.8 Å². The number of hydrogen-bond donors (Lipinski definition) is 2. The lowest BCUT2D eigenvalue weighted by atomic mass is 9.90. The van der Waals surface area contributed by atoms with Crippen LogP contribution < -0.4 is 5.32 Å². The Morgan fingerprint density at radius 3 is 2.75 bits per heavy atom. The van der Waals surface area contributed by atoms with E-state index in [2.05, 4.69) is 5.32 Å². The van der Waals surface area contributed by atoms with Crippen LogP contribution in [0.3, 0.4) is 0 Å². The average Bonchev–Trinajstić information content (AvgIpc) is 2.54. The topological polar surface area (TPSA) is 113 Å². The molecule has 1 saturated heterocycles. The van der Waals surface area contributed by atoms with Gasteiger partial charge in [0.05, 0.1) is 10.8 Å². The van der Waals surface area contributed by atoms with E-state index in [9.17, 15) is 19.7 Å². The molecule has 0 radical (unpaired) electrons.